The van der Waals surface area contributed by atoms with Crippen molar-refractivity contribution in [2.24, 2.45) is 5.41 Å². The molecule has 0 bridgehead atoms. The summed E-state index contributed by atoms with van der Waals surface area (Å²) >= 11 is 0. The minimum Gasteiger partial charge on any atom is -0.383 e. The molecule has 1 atom stereocenters. The number of ether oxygens (including phenoxy) is 1. The Balaban J connectivity index is 2.38. The second-order valence-electron chi connectivity index (χ2n) is 5.34. The third-order valence-corrected chi connectivity index (χ3v) is 3.20. The van der Waals surface area contributed by atoms with Crippen LogP contribution in [0.3, 0.4) is 0 Å². The van der Waals surface area contributed by atoms with Crippen LogP contribution >= 0.6 is 0 Å². The summed E-state index contributed by atoms with van der Waals surface area (Å²) in [4.78, 5) is 0. The molecule has 2 heteroatoms. The fourth-order valence-electron chi connectivity index (χ4n) is 1.79. The van der Waals surface area contributed by atoms with Crippen LogP contribution in [0.2, 0.25) is 0 Å². The van der Waals surface area contributed by atoms with Crippen LogP contribution in [0.5, 0.6) is 0 Å². The molecule has 1 unspecified atom stereocenters. The van der Waals surface area contributed by atoms with Gasteiger partial charge >= 0.3 is 0 Å². The fraction of sp³-hybridized carbons (Fsp3) is 1.00. The lowest BCUT2D eigenvalue weighted by Gasteiger charge is -2.32. The molecule has 0 spiro atoms. The lowest BCUT2D eigenvalue weighted by atomic mass is 9.96. The van der Waals surface area contributed by atoms with Gasteiger partial charge in [0.05, 0.1) is 6.61 Å². The van der Waals surface area contributed by atoms with Gasteiger partial charge in [-0.1, -0.05) is 6.92 Å². The van der Waals surface area contributed by atoms with E-state index in [4.69, 9.17) is 4.74 Å². The van der Waals surface area contributed by atoms with Crippen molar-refractivity contribution in [1.82, 2.24) is 5.32 Å². The molecule has 1 aliphatic rings. The number of nitrogens with one attached hydrogen (secondary N) is 1. The highest BCUT2D eigenvalue weighted by molar-refractivity contribution is 4.99. The molecular formula is C11H23NO. The third kappa shape index (κ3) is 2.96. The van der Waals surface area contributed by atoms with Crippen LogP contribution < -0.4 is 5.32 Å². The summed E-state index contributed by atoms with van der Waals surface area (Å²) in [5.41, 5.74) is 0.644. The highest BCUT2D eigenvalue weighted by Crippen LogP contribution is 2.48. The van der Waals surface area contributed by atoms with E-state index in [-0.39, 0.29) is 5.54 Å². The van der Waals surface area contributed by atoms with Gasteiger partial charge in [0, 0.05) is 18.7 Å². The molecule has 78 valence electrons. The number of hydrogen-bond donors (Lipinski definition) is 1. The number of hydrogen-bond acceptors (Lipinski definition) is 2. The van der Waals surface area contributed by atoms with E-state index in [2.05, 4.69) is 33.0 Å². The quantitative estimate of drug-likeness (QED) is 0.709. The van der Waals surface area contributed by atoms with Crippen molar-refractivity contribution < 1.29 is 4.74 Å². The normalized spacial score (nSPS) is 22.8. The molecule has 0 aromatic carbocycles. The predicted octanol–water partition coefficient (Wildman–Crippen LogP) is 2.19. The topological polar surface area (TPSA) is 21.3 Å². The third-order valence-electron chi connectivity index (χ3n) is 3.20. The molecule has 0 aliphatic heterocycles. The van der Waals surface area contributed by atoms with Crippen molar-refractivity contribution >= 4 is 0 Å². The van der Waals surface area contributed by atoms with Gasteiger partial charge in [-0.15, -0.1) is 0 Å². The van der Waals surface area contributed by atoms with Gasteiger partial charge in [0.1, 0.15) is 0 Å². The van der Waals surface area contributed by atoms with E-state index in [9.17, 15) is 0 Å². The number of rotatable bonds is 5. The second kappa shape index (κ2) is 3.58. The molecule has 0 amide bonds. The SMILES string of the molecule is COCC(C)(C)NC(C)C1(C)CC1. The van der Waals surface area contributed by atoms with E-state index in [1.807, 2.05) is 0 Å². The molecule has 0 radical (unpaired) electrons. The maximum atomic E-state index is 5.18. The molecule has 0 saturated heterocycles. The molecule has 1 aliphatic carbocycles. The van der Waals surface area contributed by atoms with Gasteiger partial charge in [-0.3, -0.25) is 0 Å². The molecule has 0 aromatic rings. The standard InChI is InChI=1S/C11H23NO/c1-9(11(4)6-7-11)12-10(2,3)8-13-5/h9,12H,6-8H2,1-5H3. The Morgan fingerprint density at radius 3 is 2.38 bits per heavy atom. The monoisotopic (exact) mass is 185 g/mol. The molecule has 13 heavy (non-hydrogen) atoms. The summed E-state index contributed by atoms with van der Waals surface area (Å²) in [6.45, 7) is 9.79. The van der Waals surface area contributed by atoms with E-state index >= 15 is 0 Å². The van der Waals surface area contributed by atoms with Crippen molar-refractivity contribution in [3.63, 3.8) is 0 Å². The number of methoxy groups -OCH3 is 1. The maximum absolute atomic E-state index is 5.18. The first-order chi connectivity index (χ1) is 5.90. The summed E-state index contributed by atoms with van der Waals surface area (Å²) in [7, 11) is 1.76. The van der Waals surface area contributed by atoms with Gasteiger partial charge in [-0.05, 0) is 39.0 Å². The first kappa shape index (κ1) is 11.0. The van der Waals surface area contributed by atoms with E-state index in [0.29, 0.717) is 11.5 Å². The molecule has 1 saturated carbocycles. The van der Waals surface area contributed by atoms with Crippen LogP contribution in [0.15, 0.2) is 0 Å². The van der Waals surface area contributed by atoms with Gasteiger partial charge in [0.2, 0.25) is 0 Å². The highest BCUT2D eigenvalue weighted by atomic mass is 16.5. The minimum absolute atomic E-state index is 0.0970. The van der Waals surface area contributed by atoms with Crippen LogP contribution in [-0.4, -0.2) is 25.3 Å². The Labute approximate surface area is 82.0 Å². The van der Waals surface area contributed by atoms with Crippen LogP contribution in [-0.2, 0) is 4.74 Å². The first-order valence-electron chi connectivity index (χ1n) is 5.16. The summed E-state index contributed by atoms with van der Waals surface area (Å²) in [6.07, 6.45) is 2.73. The molecule has 0 aromatic heterocycles. The molecule has 1 N–H and O–H groups in total. The lowest BCUT2D eigenvalue weighted by molar-refractivity contribution is 0.114. The van der Waals surface area contributed by atoms with Crippen LogP contribution in [0.25, 0.3) is 0 Å². The predicted molar refractivity (Wildman–Crippen MR) is 55.9 cm³/mol. The first-order valence-corrected chi connectivity index (χ1v) is 5.16. The van der Waals surface area contributed by atoms with Gasteiger partial charge in [0.15, 0.2) is 0 Å². The van der Waals surface area contributed by atoms with Gasteiger partial charge < -0.3 is 10.1 Å². The average molecular weight is 185 g/mol. The van der Waals surface area contributed by atoms with Gasteiger partial charge in [-0.2, -0.15) is 0 Å². The van der Waals surface area contributed by atoms with Crippen molar-refractivity contribution in [2.45, 2.75) is 52.1 Å². The van der Waals surface area contributed by atoms with E-state index in [1.54, 1.807) is 7.11 Å². The largest absolute Gasteiger partial charge is 0.383 e. The van der Waals surface area contributed by atoms with Gasteiger partial charge in [-0.25, -0.2) is 0 Å². The molecule has 0 heterocycles. The molecular weight excluding hydrogens is 162 g/mol. The Bertz CT molecular complexity index is 173. The average Bonchev–Trinajstić information content (AvgIpc) is 2.67. The summed E-state index contributed by atoms with van der Waals surface area (Å²) in [6, 6.07) is 0.595. The van der Waals surface area contributed by atoms with E-state index in [1.165, 1.54) is 12.8 Å². The Hall–Kier alpha value is -0.0800. The van der Waals surface area contributed by atoms with E-state index in [0.717, 1.165) is 6.61 Å². The zero-order chi connectivity index (χ0) is 10.1. The molecule has 1 rings (SSSR count). The molecule has 2 nitrogen and oxygen atoms in total. The van der Waals surface area contributed by atoms with Crippen LogP contribution in [0.4, 0.5) is 0 Å². The fourth-order valence-corrected chi connectivity index (χ4v) is 1.79. The maximum Gasteiger partial charge on any atom is 0.0639 e. The van der Waals surface area contributed by atoms with Crippen molar-refractivity contribution in [1.29, 1.82) is 0 Å². The minimum atomic E-state index is 0.0970. The highest BCUT2D eigenvalue weighted by Gasteiger charge is 2.43. The lowest BCUT2D eigenvalue weighted by Crippen LogP contribution is -2.50. The van der Waals surface area contributed by atoms with Crippen LogP contribution in [0.1, 0.15) is 40.5 Å². The van der Waals surface area contributed by atoms with Crippen LogP contribution in [0, 0.1) is 5.41 Å². The summed E-state index contributed by atoms with van der Waals surface area (Å²) < 4.78 is 5.18. The van der Waals surface area contributed by atoms with Crippen molar-refractivity contribution in [2.75, 3.05) is 13.7 Å². The molecule has 1 fully saturated rings. The van der Waals surface area contributed by atoms with Gasteiger partial charge in [0.25, 0.3) is 0 Å². The van der Waals surface area contributed by atoms with Crippen molar-refractivity contribution in [3.05, 3.63) is 0 Å². The smallest absolute Gasteiger partial charge is 0.0639 e. The Kier molecular flexibility index (Phi) is 3.03. The zero-order valence-electron chi connectivity index (χ0n) is 9.61. The van der Waals surface area contributed by atoms with E-state index < -0.39 is 0 Å². The Morgan fingerprint density at radius 1 is 1.46 bits per heavy atom. The Morgan fingerprint density at radius 2 is 2.00 bits per heavy atom. The zero-order valence-corrected chi connectivity index (χ0v) is 9.61. The summed E-state index contributed by atoms with van der Waals surface area (Å²) in [5.74, 6) is 0. The van der Waals surface area contributed by atoms with Crippen molar-refractivity contribution in [3.8, 4) is 0 Å². The summed E-state index contributed by atoms with van der Waals surface area (Å²) in [5, 5.41) is 3.63. The second-order valence-corrected chi connectivity index (χ2v) is 5.34.